The first-order valence-electron chi connectivity index (χ1n) is 11.3. The van der Waals surface area contributed by atoms with Crippen molar-refractivity contribution < 1.29 is 14.3 Å². The number of hydrogen-bond donors (Lipinski definition) is 2. The van der Waals surface area contributed by atoms with Crippen LogP contribution in [0.1, 0.15) is 51.0 Å². The zero-order chi connectivity index (χ0) is 22.2. The second kappa shape index (κ2) is 7.24. The molecule has 0 saturated heterocycles. The predicted octanol–water partition coefficient (Wildman–Crippen LogP) is 4.72. The van der Waals surface area contributed by atoms with E-state index >= 15 is 0 Å². The Morgan fingerprint density at radius 3 is 2.81 bits per heavy atom. The first-order valence-corrected chi connectivity index (χ1v) is 12.1. The van der Waals surface area contributed by atoms with Crippen molar-refractivity contribution in [3.05, 3.63) is 58.2 Å². The van der Waals surface area contributed by atoms with Gasteiger partial charge in [-0.05, 0) is 66.1 Å². The van der Waals surface area contributed by atoms with Gasteiger partial charge in [-0.3, -0.25) is 0 Å². The first kappa shape index (κ1) is 21.8. The molecular formula is C25H31ClO4S. The van der Waals surface area contributed by atoms with Crippen molar-refractivity contribution in [1.29, 1.82) is 0 Å². The third-order valence-corrected chi connectivity index (χ3v) is 10.3. The van der Waals surface area contributed by atoms with Gasteiger partial charge in [0.15, 0.2) is 0 Å². The second-order valence-corrected chi connectivity index (χ2v) is 11.6. The average Bonchev–Trinajstić information content (AvgIpc) is 2.94. The van der Waals surface area contributed by atoms with E-state index in [0.717, 1.165) is 30.4 Å². The minimum atomic E-state index is -1.09. The quantitative estimate of drug-likeness (QED) is 0.379. The third kappa shape index (κ3) is 2.86. The van der Waals surface area contributed by atoms with E-state index in [0.29, 0.717) is 18.3 Å². The van der Waals surface area contributed by atoms with Crippen LogP contribution in [0.25, 0.3) is 0 Å². The molecule has 4 aliphatic rings. The molecule has 1 N–H and O–H groups in total. The lowest BCUT2D eigenvalue weighted by atomic mass is 9.49. The summed E-state index contributed by atoms with van der Waals surface area (Å²) in [5, 5.41) is 11.9. The lowest BCUT2D eigenvalue weighted by Crippen LogP contribution is -2.59. The molecule has 5 rings (SSSR count). The van der Waals surface area contributed by atoms with Crippen molar-refractivity contribution in [3.63, 3.8) is 0 Å². The van der Waals surface area contributed by atoms with Gasteiger partial charge in [-0.1, -0.05) is 32.1 Å². The monoisotopic (exact) mass is 462 g/mol. The minimum absolute atomic E-state index is 0.0250. The van der Waals surface area contributed by atoms with Gasteiger partial charge in [0.05, 0.1) is 17.1 Å². The van der Waals surface area contributed by atoms with Crippen molar-refractivity contribution in [3.8, 4) is 0 Å². The lowest BCUT2D eigenvalue weighted by molar-refractivity contribution is -0.0394. The summed E-state index contributed by atoms with van der Waals surface area (Å²) in [6, 6.07) is 3.19. The van der Waals surface area contributed by atoms with Gasteiger partial charge >= 0.3 is 5.63 Å². The molecule has 9 atom stereocenters. The third-order valence-electron chi connectivity index (χ3n) is 9.04. The number of ether oxygens (including phenoxy) is 1. The minimum Gasteiger partial charge on any atom is -0.431 e. The second-order valence-electron chi connectivity index (χ2n) is 10.2. The molecule has 0 spiro atoms. The first-order chi connectivity index (χ1) is 14.7. The summed E-state index contributed by atoms with van der Waals surface area (Å²) in [6.45, 7) is 4.63. The van der Waals surface area contributed by atoms with E-state index in [1.165, 1.54) is 12.3 Å². The molecule has 6 heteroatoms. The van der Waals surface area contributed by atoms with Crippen molar-refractivity contribution in [2.45, 2.75) is 67.3 Å². The molecule has 0 radical (unpaired) electrons. The van der Waals surface area contributed by atoms with Gasteiger partial charge in [-0.15, -0.1) is 11.6 Å². The van der Waals surface area contributed by atoms with Gasteiger partial charge in [-0.2, -0.15) is 12.6 Å². The highest BCUT2D eigenvalue weighted by molar-refractivity contribution is 7.82. The molecule has 2 fully saturated rings. The molecule has 4 nitrogen and oxygen atoms in total. The number of thiol groups is 1. The molecule has 0 aliphatic heterocycles. The predicted molar refractivity (Wildman–Crippen MR) is 125 cm³/mol. The van der Waals surface area contributed by atoms with Crippen LogP contribution >= 0.6 is 24.2 Å². The number of aliphatic hydroxyl groups is 1. The van der Waals surface area contributed by atoms with Crippen LogP contribution in [0.4, 0.5) is 0 Å². The van der Waals surface area contributed by atoms with Crippen molar-refractivity contribution >= 4 is 24.2 Å². The summed E-state index contributed by atoms with van der Waals surface area (Å²) in [7, 11) is 1.78. The molecule has 31 heavy (non-hydrogen) atoms. The molecule has 4 aliphatic carbocycles. The molecule has 1 aromatic heterocycles. The van der Waals surface area contributed by atoms with Crippen LogP contribution in [0, 0.1) is 23.2 Å². The summed E-state index contributed by atoms with van der Waals surface area (Å²) < 4.78 is 10.1. The Hall–Kier alpha value is -1.01. The van der Waals surface area contributed by atoms with E-state index in [2.05, 4.69) is 32.1 Å². The summed E-state index contributed by atoms with van der Waals surface area (Å²) in [6.07, 6.45) is 11.5. The highest BCUT2D eigenvalue weighted by atomic mass is 35.5. The Kier molecular flexibility index (Phi) is 5.10. The van der Waals surface area contributed by atoms with Crippen LogP contribution in [-0.2, 0) is 4.74 Å². The standard InChI is InChI=1S/C25H31ClO4S/c1-14-16-5-6-18-17(23(16,2)10-9-20(14)29-3)8-11-25(31)22(19(26)12-24(18,25)28)15-4-7-21(27)30-13-15/h4,6-7,9-10,13-14,16-17,19-20,22,28,31H,5,8,11-12H2,1-3H3/t14-,16?,17?,19?,20+,22?,23?,24+,25?/m1/s1. The molecular weight excluding hydrogens is 432 g/mol. The van der Waals surface area contributed by atoms with E-state index in [1.54, 1.807) is 13.2 Å². The van der Waals surface area contributed by atoms with Gasteiger partial charge in [0.25, 0.3) is 0 Å². The Morgan fingerprint density at radius 2 is 2.13 bits per heavy atom. The van der Waals surface area contributed by atoms with Crippen LogP contribution in [0.5, 0.6) is 0 Å². The van der Waals surface area contributed by atoms with Crippen LogP contribution in [0.15, 0.2) is 51.4 Å². The maximum absolute atomic E-state index is 12.2. The van der Waals surface area contributed by atoms with Gasteiger partial charge < -0.3 is 14.3 Å². The Bertz CT molecular complexity index is 983. The van der Waals surface area contributed by atoms with E-state index in [1.807, 2.05) is 0 Å². The normalized spacial score (nSPS) is 48.5. The largest absolute Gasteiger partial charge is 0.431 e. The number of rotatable bonds is 2. The maximum Gasteiger partial charge on any atom is 0.335 e. The van der Waals surface area contributed by atoms with Crippen LogP contribution in [0.3, 0.4) is 0 Å². The summed E-state index contributed by atoms with van der Waals surface area (Å²) in [4.78, 5) is 11.5. The molecule has 0 bridgehead atoms. The van der Waals surface area contributed by atoms with Crippen molar-refractivity contribution in [1.82, 2.24) is 0 Å². The van der Waals surface area contributed by atoms with E-state index in [4.69, 9.17) is 33.4 Å². The molecule has 168 valence electrons. The Balaban J connectivity index is 1.56. The summed E-state index contributed by atoms with van der Waals surface area (Å²) in [5.74, 6) is 0.946. The number of halogens is 1. The molecule has 2 saturated carbocycles. The zero-order valence-electron chi connectivity index (χ0n) is 18.3. The highest BCUT2D eigenvalue weighted by Gasteiger charge is 2.68. The maximum atomic E-state index is 12.2. The average molecular weight is 463 g/mol. The molecule has 6 unspecified atom stereocenters. The Labute approximate surface area is 194 Å². The topological polar surface area (TPSA) is 59.7 Å². The molecule has 1 heterocycles. The van der Waals surface area contributed by atoms with Gasteiger partial charge in [0.1, 0.15) is 5.60 Å². The van der Waals surface area contributed by atoms with Crippen molar-refractivity contribution in [2.75, 3.05) is 7.11 Å². The summed E-state index contributed by atoms with van der Waals surface area (Å²) in [5.41, 5.74) is 0.434. The number of alkyl halides is 1. The number of methoxy groups -OCH3 is 1. The van der Waals surface area contributed by atoms with E-state index in [-0.39, 0.29) is 34.4 Å². The fourth-order valence-corrected chi connectivity index (χ4v) is 8.80. The van der Waals surface area contributed by atoms with Crippen LogP contribution < -0.4 is 5.63 Å². The summed E-state index contributed by atoms with van der Waals surface area (Å²) >= 11 is 12.0. The van der Waals surface area contributed by atoms with E-state index < -0.39 is 10.3 Å². The fraction of sp³-hybridized carbons (Fsp3) is 0.640. The Morgan fingerprint density at radius 1 is 1.35 bits per heavy atom. The molecule has 1 aromatic rings. The molecule has 0 aromatic carbocycles. The molecule has 0 amide bonds. The van der Waals surface area contributed by atoms with E-state index in [9.17, 15) is 9.90 Å². The lowest BCUT2D eigenvalue weighted by Gasteiger charge is -2.59. The van der Waals surface area contributed by atoms with Gasteiger partial charge in [-0.25, -0.2) is 4.79 Å². The van der Waals surface area contributed by atoms with Crippen LogP contribution in [0.2, 0.25) is 0 Å². The van der Waals surface area contributed by atoms with Gasteiger partial charge in [0.2, 0.25) is 0 Å². The van der Waals surface area contributed by atoms with Crippen LogP contribution in [-0.4, -0.2) is 34.0 Å². The number of fused-ring (bicyclic) bond motifs is 5. The number of allylic oxidation sites excluding steroid dienone is 2. The SMILES string of the molecule is CO[C@H]1C=CC2(C)C3CCC4(S)C(c5ccc(=O)oc5)C(Cl)C[C@]4(O)C3=CCC2[C@H]1C. The fourth-order valence-electron chi connectivity index (χ4n) is 7.45. The van der Waals surface area contributed by atoms with Crippen molar-refractivity contribution in [2.24, 2.45) is 23.2 Å². The smallest absolute Gasteiger partial charge is 0.335 e. The number of hydrogen-bond acceptors (Lipinski definition) is 5. The highest BCUT2D eigenvalue weighted by Crippen LogP contribution is 2.68. The zero-order valence-corrected chi connectivity index (χ0v) is 19.9. The van der Waals surface area contributed by atoms with Gasteiger partial charge in [0, 0.05) is 24.5 Å².